The summed E-state index contributed by atoms with van der Waals surface area (Å²) < 4.78 is 0. The second kappa shape index (κ2) is 3.84. The summed E-state index contributed by atoms with van der Waals surface area (Å²) in [5.74, 6) is 0. The van der Waals surface area contributed by atoms with Crippen LogP contribution in [0.2, 0.25) is 0 Å². The minimum Gasteiger partial charge on any atom is -0.350 e. The van der Waals surface area contributed by atoms with Crippen molar-refractivity contribution in [3.8, 4) is 6.07 Å². The van der Waals surface area contributed by atoms with E-state index in [1.54, 1.807) is 19.1 Å². The molecule has 1 N–H and O–H groups in total. The van der Waals surface area contributed by atoms with Crippen molar-refractivity contribution in [3.05, 3.63) is 29.8 Å². The minimum absolute atomic E-state index is 0. The zero-order chi connectivity index (χ0) is 8.97. The van der Waals surface area contributed by atoms with Crippen LogP contribution in [0.4, 0.5) is 5.69 Å². The van der Waals surface area contributed by atoms with Gasteiger partial charge in [-0.2, -0.15) is 5.26 Å². The van der Waals surface area contributed by atoms with Crippen LogP contribution in [0.25, 0.3) is 0 Å². The van der Waals surface area contributed by atoms with E-state index in [9.17, 15) is 0 Å². The highest BCUT2D eigenvalue weighted by Crippen LogP contribution is 2.09. The highest BCUT2D eigenvalue weighted by molar-refractivity contribution is 7.80. The second-order valence-electron chi connectivity index (χ2n) is 2.37. The number of anilines is 1. The van der Waals surface area contributed by atoms with Gasteiger partial charge in [-0.05, 0) is 25.1 Å². The van der Waals surface area contributed by atoms with E-state index in [0.717, 1.165) is 5.69 Å². The Morgan fingerprint density at radius 1 is 1.67 bits per heavy atom. The zero-order valence-electron chi connectivity index (χ0n) is 6.66. The quantitative estimate of drug-likeness (QED) is 0.671. The van der Waals surface area contributed by atoms with Gasteiger partial charge in [0.15, 0.2) is 0 Å². The molecule has 12 heavy (non-hydrogen) atoms. The molecule has 3 heteroatoms. The van der Waals surface area contributed by atoms with Gasteiger partial charge in [0.2, 0.25) is 0 Å². The Kier molecular flexibility index (Phi) is 2.78. The maximum atomic E-state index is 8.59. The average Bonchev–Trinajstić information content (AvgIpc) is 2.03. The van der Waals surface area contributed by atoms with Crippen LogP contribution in [0.5, 0.6) is 0 Å². The van der Waals surface area contributed by atoms with Crippen molar-refractivity contribution in [2.24, 2.45) is 0 Å². The molecular weight excluding hydrogens is 168 g/mol. The number of rotatable bonds is 1. The van der Waals surface area contributed by atoms with Crippen LogP contribution >= 0.6 is 12.2 Å². The summed E-state index contributed by atoms with van der Waals surface area (Å²) in [6, 6.07) is 9.26. The van der Waals surface area contributed by atoms with Crippen LogP contribution in [0.1, 0.15) is 13.9 Å². The van der Waals surface area contributed by atoms with Crippen LogP contribution in [-0.4, -0.2) is 4.99 Å². The Bertz CT molecular complexity index is 344. The van der Waals surface area contributed by atoms with E-state index in [4.69, 9.17) is 17.5 Å². The number of benzene rings is 1. The van der Waals surface area contributed by atoms with E-state index in [1.165, 1.54) is 0 Å². The molecule has 0 bridgehead atoms. The van der Waals surface area contributed by atoms with Gasteiger partial charge in [-0.15, -0.1) is 0 Å². The van der Waals surface area contributed by atoms with Crippen molar-refractivity contribution in [1.29, 1.82) is 5.26 Å². The predicted octanol–water partition coefficient (Wildman–Crippen LogP) is 2.56. The van der Waals surface area contributed by atoms with Gasteiger partial charge in [-0.1, -0.05) is 18.3 Å². The molecule has 0 aliphatic carbocycles. The molecule has 0 unspecified atom stereocenters. The van der Waals surface area contributed by atoms with E-state index in [1.807, 2.05) is 12.1 Å². The lowest BCUT2D eigenvalue weighted by molar-refractivity contribution is 1.48. The Hall–Kier alpha value is -1.40. The first kappa shape index (κ1) is 8.69. The fourth-order valence-electron chi connectivity index (χ4n) is 0.870. The highest BCUT2D eigenvalue weighted by atomic mass is 32.1. The van der Waals surface area contributed by atoms with Crippen molar-refractivity contribution in [3.63, 3.8) is 0 Å². The fraction of sp³-hybridized carbons (Fsp3) is 0.111. The smallest absolute Gasteiger partial charge is 0.0992 e. The lowest BCUT2D eigenvalue weighted by Gasteiger charge is -2.02. The third-order valence-corrected chi connectivity index (χ3v) is 1.41. The number of hydrogen-bond acceptors (Lipinski definition) is 2. The molecule has 1 aromatic rings. The molecule has 0 aliphatic rings. The molecule has 0 radical (unpaired) electrons. The maximum absolute atomic E-state index is 8.59. The summed E-state index contributed by atoms with van der Waals surface area (Å²) in [6.07, 6.45) is 0. The Balaban J connectivity index is 0.00000144. The second-order valence-corrected chi connectivity index (χ2v) is 2.99. The summed E-state index contributed by atoms with van der Waals surface area (Å²) in [5, 5.41) is 11.5. The molecule has 1 aromatic carbocycles. The average molecular weight is 178 g/mol. The normalized spacial score (nSPS) is 8.67. The van der Waals surface area contributed by atoms with E-state index >= 15 is 0 Å². The van der Waals surface area contributed by atoms with E-state index < -0.39 is 0 Å². The van der Waals surface area contributed by atoms with Crippen molar-refractivity contribution >= 4 is 22.9 Å². The van der Waals surface area contributed by atoms with Crippen LogP contribution in [-0.2, 0) is 0 Å². The van der Waals surface area contributed by atoms with Crippen LogP contribution < -0.4 is 5.32 Å². The lowest BCUT2D eigenvalue weighted by Crippen LogP contribution is -2.02. The summed E-state index contributed by atoms with van der Waals surface area (Å²) in [7, 11) is 0. The van der Waals surface area contributed by atoms with Gasteiger partial charge in [-0.3, -0.25) is 0 Å². The Labute approximate surface area is 78.3 Å². The number of thiocarbonyl (C=S) groups is 1. The summed E-state index contributed by atoms with van der Waals surface area (Å²) >= 11 is 4.86. The van der Waals surface area contributed by atoms with E-state index in [-0.39, 0.29) is 1.43 Å². The van der Waals surface area contributed by atoms with Gasteiger partial charge in [0, 0.05) is 7.11 Å². The SMILES string of the molecule is CC(=S)Nc1cccc(C#N)c1.[HH]. The summed E-state index contributed by atoms with van der Waals surface area (Å²) in [6.45, 7) is 1.80. The van der Waals surface area contributed by atoms with E-state index in [2.05, 4.69) is 11.4 Å². The van der Waals surface area contributed by atoms with Crippen molar-refractivity contribution < 1.29 is 1.43 Å². The minimum atomic E-state index is 0. The van der Waals surface area contributed by atoms with Crippen LogP contribution in [0.3, 0.4) is 0 Å². The third kappa shape index (κ3) is 2.33. The first-order valence-electron chi connectivity index (χ1n) is 3.50. The first-order valence-corrected chi connectivity index (χ1v) is 3.91. The topological polar surface area (TPSA) is 35.8 Å². The molecule has 62 valence electrons. The summed E-state index contributed by atoms with van der Waals surface area (Å²) in [5.41, 5.74) is 1.50. The predicted molar refractivity (Wildman–Crippen MR) is 55.2 cm³/mol. The highest BCUT2D eigenvalue weighted by Gasteiger charge is 1.93. The van der Waals surface area contributed by atoms with Crippen molar-refractivity contribution in [2.75, 3.05) is 5.32 Å². The lowest BCUT2D eigenvalue weighted by atomic mass is 10.2. The largest absolute Gasteiger partial charge is 0.350 e. The third-order valence-electron chi connectivity index (χ3n) is 1.31. The molecule has 1 rings (SSSR count). The van der Waals surface area contributed by atoms with Gasteiger partial charge in [0.25, 0.3) is 0 Å². The monoisotopic (exact) mass is 178 g/mol. The molecule has 0 saturated carbocycles. The number of nitrogens with zero attached hydrogens (tertiary/aromatic N) is 1. The molecule has 0 amide bonds. The number of nitrogens with one attached hydrogen (secondary N) is 1. The van der Waals surface area contributed by atoms with E-state index in [0.29, 0.717) is 10.6 Å². The number of nitriles is 1. The standard InChI is InChI=1S/C9H8N2S.H2/c1-7(12)11-9-4-2-3-8(5-9)6-10;/h2-5H,1H3,(H,11,12);1H. The molecule has 0 saturated heterocycles. The van der Waals surface area contributed by atoms with Crippen LogP contribution in [0.15, 0.2) is 24.3 Å². The molecule has 0 heterocycles. The summed E-state index contributed by atoms with van der Waals surface area (Å²) in [4.78, 5) is 0.699. The molecule has 0 atom stereocenters. The van der Waals surface area contributed by atoms with Gasteiger partial charge >= 0.3 is 0 Å². The Morgan fingerprint density at radius 3 is 3.00 bits per heavy atom. The first-order chi connectivity index (χ1) is 5.72. The Morgan fingerprint density at radius 2 is 2.42 bits per heavy atom. The van der Waals surface area contributed by atoms with Crippen LogP contribution in [0, 0.1) is 11.3 Å². The van der Waals surface area contributed by atoms with Gasteiger partial charge in [0.1, 0.15) is 0 Å². The van der Waals surface area contributed by atoms with Gasteiger partial charge < -0.3 is 5.32 Å². The zero-order valence-corrected chi connectivity index (χ0v) is 7.48. The van der Waals surface area contributed by atoms with Gasteiger partial charge in [-0.25, -0.2) is 0 Å². The fourth-order valence-corrected chi connectivity index (χ4v) is 0.988. The van der Waals surface area contributed by atoms with Crippen molar-refractivity contribution in [2.45, 2.75) is 6.92 Å². The molecule has 0 aliphatic heterocycles. The molecule has 0 spiro atoms. The molecule has 0 aromatic heterocycles. The maximum Gasteiger partial charge on any atom is 0.0992 e. The molecule has 2 nitrogen and oxygen atoms in total. The van der Waals surface area contributed by atoms with Gasteiger partial charge in [0.05, 0.1) is 16.6 Å². The number of hydrogen-bond donors (Lipinski definition) is 1. The van der Waals surface area contributed by atoms with Crippen molar-refractivity contribution in [1.82, 2.24) is 0 Å². The molecular formula is C9H10N2S. The molecule has 0 fully saturated rings.